The van der Waals surface area contributed by atoms with Crippen LogP contribution < -0.4 is 0 Å². The number of carbonyl (C=O) groups is 1. The van der Waals surface area contributed by atoms with Crippen LogP contribution in [0, 0.1) is 19.8 Å². The van der Waals surface area contributed by atoms with Crippen molar-refractivity contribution in [3.05, 3.63) is 39.7 Å². The Balaban J connectivity index is 1.78. The van der Waals surface area contributed by atoms with Crippen molar-refractivity contribution in [2.75, 3.05) is 6.54 Å². The molecule has 0 unspecified atom stereocenters. The third kappa shape index (κ3) is 3.24. The Bertz CT molecular complexity index is 661. The van der Waals surface area contributed by atoms with Gasteiger partial charge in [0.1, 0.15) is 11.5 Å². The predicted octanol–water partition coefficient (Wildman–Crippen LogP) is 3.90. The van der Waals surface area contributed by atoms with Gasteiger partial charge < -0.3 is 9.32 Å². The molecule has 0 aromatic carbocycles. The first kappa shape index (κ1) is 15.3. The highest BCUT2D eigenvalue weighted by Gasteiger charge is 2.33. The van der Waals surface area contributed by atoms with E-state index in [1.54, 1.807) is 11.3 Å². The van der Waals surface area contributed by atoms with Gasteiger partial charge in [-0.25, -0.2) is 4.98 Å². The fraction of sp³-hybridized carbons (Fsp3) is 0.529. The quantitative estimate of drug-likeness (QED) is 0.862. The Morgan fingerprint density at radius 3 is 2.91 bits per heavy atom. The van der Waals surface area contributed by atoms with Crippen molar-refractivity contribution in [1.29, 1.82) is 0 Å². The fourth-order valence-corrected chi connectivity index (χ4v) is 3.70. The third-order valence-corrected chi connectivity index (χ3v) is 5.10. The minimum atomic E-state index is 0.0599. The molecule has 0 N–H and O–H groups in total. The van der Waals surface area contributed by atoms with E-state index in [4.69, 9.17) is 4.42 Å². The zero-order valence-corrected chi connectivity index (χ0v) is 14.2. The highest BCUT2D eigenvalue weighted by atomic mass is 32.1. The maximum Gasteiger partial charge on any atom is 0.229 e. The van der Waals surface area contributed by atoms with Crippen LogP contribution in [0.1, 0.15) is 48.0 Å². The molecule has 5 heteroatoms. The van der Waals surface area contributed by atoms with Crippen LogP contribution in [0.4, 0.5) is 0 Å². The lowest BCUT2D eigenvalue weighted by molar-refractivity contribution is -0.135. The Kier molecular flexibility index (Phi) is 4.34. The number of hydrogen-bond donors (Lipinski definition) is 0. The first-order valence-electron chi connectivity index (χ1n) is 7.79. The van der Waals surface area contributed by atoms with Crippen LogP contribution in [-0.4, -0.2) is 22.3 Å². The van der Waals surface area contributed by atoms with E-state index < -0.39 is 0 Å². The number of piperidine rings is 1. The number of nitrogens with zero attached hydrogens (tertiary/aromatic N) is 2. The number of hydrogen-bond acceptors (Lipinski definition) is 4. The maximum absolute atomic E-state index is 12.7. The minimum Gasteiger partial charge on any atom is -0.464 e. The summed E-state index contributed by atoms with van der Waals surface area (Å²) in [5.41, 5.74) is 0.875. The standard InChI is InChI=1S/C17H22N2O2S/c1-11-6-7-19(15(8-11)16-5-4-12(2)21-16)17(20)9-14-10-22-13(3)18-14/h4-5,10-11,15H,6-9H2,1-3H3/t11-,15-/m1/s1. The summed E-state index contributed by atoms with van der Waals surface area (Å²) in [7, 11) is 0. The van der Waals surface area contributed by atoms with Gasteiger partial charge in [-0.15, -0.1) is 11.3 Å². The van der Waals surface area contributed by atoms with Gasteiger partial charge >= 0.3 is 0 Å². The molecule has 1 aliphatic heterocycles. The molecule has 2 atom stereocenters. The first-order valence-corrected chi connectivity index (χ1v) is 8.67. The number of aromatic nitrogens is 1. The highest BCUT2D eigenvalue weighted by molar-refractivity contribution is 7.09. The van der Waals surface area contributed by atoms with E-state index >= 15 is 0 Å². The van der Waals surface area contributed by atoms with E-state index in [1.807, 2.05) is 36.3 Å². The Labute approximate surface area is 135 Å². The normalized spacial score (nSPS) is 22.0. The summed E-state index contributed by atoms with van der Waals surface area (Å²) >= 11 is 1.59. The van der Waals surface area contributed by atoms with Gasteiger partial charge in [0.15, 0.2) is 0 Å². The topological polar surface area (TPSA) is 46.3 Å². The molecule has 1 amide bonds. The van der Waals surface area contributed by atoms with Crippen molar-refractivity contribution in [2.45, 2.75) is 46.1 Å². The minimum absolute atomic E-state index is 0.0599. The zero-order chi connectivity index (χ0) is 15.7. The van der Waals surface area contributed by atoms with E-state index in [9.17, 15) is 4.79 Å². The van der Waals surface area contributed by atoms with Crippen LogP contribution in [0.25, 0.3) is 0 Å². The number of furan rings is 1. The Morgan fingerprint density at radius 1 is 1.45 bits per heavy atom. The average Bonchev–Trinajstić information content (AvgIpc) is 3.07. The molecule has 2 aromatic rings. The van der Waals surface area contributed by atoms with Crippen molar-refractivity contribution < 1.29 is 9.21 Å². The third-order valence-electron chi connectivity index (χ3n) is 4.27. The first-order chi connectivity index (χ1) is 10.5. The molecule has 1 fully saturated rings. The number of carbonyl (C=O) groups excluding carboxylic acids is 1. The summed E-state index contributed by atoms with van der Waals surface area (Å²) in [4.78, 5) is 19.1. The Morgan fingerprint density at radius 2 is 2.27 bits per heavy atom. The summed E-state index contributed by atoms with van der Waals surface area (Å²) < 4.78 is 5.80. The lowest BCUT2D eigenvalue weighted by Gasteiger charge is -2.37. The number of amides is 1. The molecule has 0 bridgehead atoms. The van der Waals surface area contributed by atoms with Gasteiger partial charge in [0.05, 0.1) is 23.2 Å². The van der Waals surface area contributed by atoms with Gasteiger partial charge in [-0.05, 0) is 44.7 Å². The molecule has 3 heterocycles. The van der Waals surface area contributed by atoms with E-state index in [-0.39, 0.29) is 11.9 Å². The number of likely N-dealkylation sites (tertiary alicyclic amines) is 1. The molecule has 0 saturated carbocycles. The van der Waals surface area contributed by atoms with Crippen molar-refractivity contribution in [1.82, 2.24) is 9.88 Å². The molecule has 118 valence electrons. The van der Waals surface area contributed by atoms with Gasteiger partial charge in [-0.2, -0.15) is 0 Å². The predicted molar refractivity (Wildman–Crippen MR) is 86.9 cm³/mol. The number of aryl methyl sites for hydroxylation is 2. The molecule has 4 nitrogen and oxygen atoms in total. The fourth-order valence-electron chi connectivity index (χ4n) is 3.09. The van der Waals surface area contributed by atoms with E-state index in [0.717, 1.165) is 41.6 Å². The van der Waals surface area contributed by atoms with Crippen molar-refractivity contribution in [3.8, 4) is 0 Å². The highest BCUT2D eigenvalue weighted by Crippen LogP contribution is 2.35. The molecule has 1 aliphatic rings. The largest absolute Gasteiger partial charge is 0.464 e. The molecule has 0 spiro atoms. The molecule has 0 radical (unpaired) electrons. The molecular formula is C17H22N2O2S. The van der Waals surface area contributed by atoms with Crippen LogP contribution in [0.3, 0.4) is 0 Å². The summed E-state index contributed by atoms with van der Waals surface area (Å²) in [6, 6.07) is 4.04. The van der Waals surface area contributed by atoms with Crippen LogP contribution in [0.2, 0.25) is 0 Å². The van der Waals surface area contributed by atoms with Gasteiger partial charge in [0.2, 0.25) is 5.91 Å². The van der Waals surface area contributed by atoms with Crippen molar-refractivity contribution in [3.63, 3.8) is 0 Å². The van der Waals surface area contributed by atoms with Gasteiger partial charge in [0, 0.05) is 11.9 Å². The zero-order valence-electron chi connectivity index (χ0n) is 13.3. The lowest BCUT2D eigenvalue weighted by atomic mass is 9.90. The SMILES string of the molecule is Cc1ccc([C@H]2C[C@H](C)CCN2C(=O)Cc2csc(C)n2)o1. The van der Waals surface area contributed by atoms with Crippen molar-refractivity contribution >= 4 is 17.2 Å². The van der Waals surface area contributed by atoms with Crippen LogP contribution in [0.15, 0.2) is 21.9 Å². The maximum atomic E-state index is 12.7. The van der Waals surface area contributed by atoms with Crippen molar-refractivity contribution in [2.24, 2.45) is 5.92 Å². The second-order valence-corrected chi connectivity index (χ2v) is 7.28. The molecule has 1 saturated heterocycles. The average molecular weight is 318 g/mol. The second kappa shape index (κ2) is 6.24. The van der Waals surface area contributed by atoms with E-state index in [0.29, 0.717) is 12.3 Å². The van der Waals surface area contributed by atoms with Crippen LogP contribution >= 0.6 is 11.3 Å². The smallest absolute Gasteiger partial charge is 0.229 e. The molecule has 3 rings (SSSR count). The Hall–Kier alpha value is -1.62. The molecular weight excluding hydrogens is 296 g/mol. The summed E-state index contributed by atoms with van der Waals surface area (Å²) in [5.74, 6) is 2.57. The molecule has 0 aliphatic carbocycles. The van der Waals surface area contributed by atoms with Gasteiger partial charge in [-0.1, -0.05) is 6.92 Å². The summed E-state index contributed by atoms with van der Waals surface area (Å²) in [6.45, 7) is 6.96. The summed E-state index contributed by atoms with van der Waals surface area (Å²) in [5, 5.41) is 2.99. The molecule has 2 aromatic heterocycles. The summed E-state index contributed by atoms with van der Waals surface area (Å²) in [6.07, 6.45) is 2.40. The van der Waals surface area contributed by atoms with Gasteiger partial charge in [0.25, 0.3) is 0 Å². The van der Waals surface area contributed by atoms with E-state index in [1.165, 1.54) is 0 Å². The van der Waals surface area contributed by atoms with Crippen LogP contribution in [-0.2, 0) is 11.2 Å². The number of rotatable bonds is 3. The van der Waals surface area contributed by atoms with Crippen LogP contribution in [0.5, 0.6) is 0 Å². The second-order valence-electron chi connectivity index (χ2n) is 6.22. The lowest BCUT2D eigenvalue weighted by Crippen LogP contribution is -2.41. The number of thiazole rings is 1. The van der Waals surface area contributed by atoms with E-state index in [2.05, 4.69) is 11.9 Å². The van der Waals surface area contributed by atoms with Gasteiger partial charge in [-0.3, -0.25) is 4.79 Å². The monoisotopic (exact) mass is 318 g/mol. The molecule has 22 heavy (non-hydrogen) atoms.